The number of hydrogen-bond acceptors (Lipinski definition) is 3. The smallest absolute Gasteiger partial charge is 0.265 e. The van der Waals surface area contributed by atoms with Crippen molar-refractivity contribution in [3.8, 4) is 5.75 Å². The molecule has 0 fully saturated rings. The van der Waals surface area contributed by atoms with Crippen molar-refractivity contribution in [1.82, 2.24) is 5.32 Å². The third kappa shape index (κ3) is 4.96. The van der Waals surface area contributed by atoms with Crippen molar-refractivity contribution in [2.24, 2.45) is 0 Å². The molecule has 0 aliphatic heterocycles. The Hall–Kier alpha value is -3.08. The highest BCUT2D eigenvalue weighted by atomic mass is 16.5. The van der Waals surface area contributed by atoms with Crippen LogP contribution < -0.4 is 15.4 Å². The van der Waals surface area contributed by atoms with Crippen LogP contribution in [0.2, 0.25) is 0 Å². The summed E-state index contributed by atoms with van der Waals surface area (Å²) >= 11 is 0. The molecule has 2 N–H and O–H groups in total. The Kier molecular flexibility index (Phi) is 6.97. The molecule has 0 aliphatic carbocycles. The van der Waals surface area contributed by atoms with Crippen molar-refractivity contribution in [2.45, 2.75) is 26.4 Å². The fraction of sp³-hybridized carbons (Fsp3) is 0.238. The number of nitrogens with one attached hydrogen (secondary N) is 2. The van der Waals surface area contributed by atoms with E-state index in [0.717, 1.165) is 12.0 Å². The molecule has 0 heterocycles. The first-order valence-electron chi connectivity index (χ1n) is 8.60. The van der Waals surface area contributed by atoms with Gasteiger partial charge < -0.3 is 15.4 Å². The Labute approximate surface area is 154 Å². The van der Waals surface area contributed by atoms with Gasteiger partial charge in [0, 0.05) is 6.54 Å². The van der Waals surface area contributed by atoms with Crippen LogP contribution in [0.3, 0.4) is 0 Å². The van der Waals surface area contributed by atoms with Crippen molar-refractivity contribution in [1.29, 1.82) is 0 Å². The second-order valence-electron chi connectivity index (χ2n) is 5.75. The number of carbonyl (C=O) groups excluding carboxylic acids is 2. The Bertz CT molecular complexity index is 786. The van der Waals surface area contributed by atoms with Gasteiger partial charge in [-0.15, -0.1) is 6.58 Å². The fourth-order valence-corrected chi connectivity index (χ4v) is 2.44. The lowest BCUT2D eigenvalue weighted by molar-refractivity contribution is -0.122. The van der Waals surface area contributed by atoms with E-state index in [9.17, 15) is 9.59 Å². The maximum absolute atomic E-state index is 12.5. The van der Waals surface area contributed by atoms with Crippen LogP contribution in [0.5, 0.6) is 5.75 Å². The Morgan fingerprint density at radius 1 is 1.15 bits per heavy atom. The topological polar surface area (TPSA) is 67.4 Å². The molecule has 136 valence electrons. The summed E-state index contributed by atoms with van der Waals surface area (Å²) in [5.74, 6) is 0.0974. The molecule has 0 bridgehead atoms. The van der Waals surface area contributed by atoms with E-state index in [4.69, 9.17) is 4.74 Å². The van der Waals surface area contributed by atoms with Gasteiger partial charge in [0.1, 0.15) is 5.75 Å². The minimum atomic E-state index is -0.702. The summed E-state index contributed by atoms with van der Waals surface area (Å²) in [5, 5.41) is 5.48. The molecule has 0 aliphatic rings. The molecule has 0 saturated carbocycles. The second kappa shape index (κ2) is 9.42. The molecule has 0 saturated heterocycles. The standard InChI is InChI=1S/C21H24N2O3/c1-4-14-22-21(25)17-11-7-8-12-18(17)23-20(24)15(3)26-19-13-9-6-10-16(19)5-2/h4,6-13,15H,1,5,14H2,2-3H3,(H,22,25)(H,23,24)/t15-/m1/s1. The number of amides is 2. The fourth-order valence-electron chi connectivity index (χ4n) is 2.44. The lowest BCUT2D eigenvalue weighted by atomic mass is 10.1. The van der Waals surface area contributed by atoms with Gasteiger partial charge in [0.15, 0.2) is 6.10 Å². The minimum absolute atomic E-state index is 0.272. The zero-order valence-corrected chi connectivity index (χ0v) is 15.1. The molecule has 2 amide bonds. The molecule has 0 spiro atoms. The average molecular weight is 352 g/mol. The molecule has 0 aromatic heterocycles. The molecule has 1 atom stereocenters. The summed E-state index contributed by atoms with van der Waals surface area (Å²) in [7, 11) is 0. The van der Waals surface area contributed by atoms with Gasteiger partial charge in [-0.05, 0) is 37.1 Å². The summed E-state index contributed by atoms with van der Waals surface area (Å²) in [6.07, 6.45) is 1.71. The zero-order valence-electron chi connectivity index (χ0n) is 15.1. The quantitative estimate of drug-likeness (QED) is 0.714. The van der Waals surface area contributed by atoms with E-state index < -0.39 is 6.10 Å². The van der Waals surface area contributed by atoms with Crippen LogP contribution in [0, 0.1) is 0 Å². The summed E-state index contributed by atoms with van der Waals surface area (Å²) in [4.78, 5) is 24.7. The largest absolute Gasteiger partial charge is 0.481 e. The van der Waals surface area contributed by atoms with Crippen molar-refractivity contribution < 1.29 is 14.3 Å². The van der Waals surface area contributed by atoms with E-state index in [1.54, 1.807) is 37.3 Å². The van der Waals surface area contributed by atoms with Crippen LogP contribution in [0.15, 0.2) is 61.2 Å². The Balaban J connectivity index is 2.09. The third-order valence-corrected chi connectivity index (χ3v) is 3.86. The van der Waals surface area contributed by atoms with E-state index in [0.29, 0.717) is 23.5 Å². The monoisotopic (exact) mass is 352 g/mol. The zero-order chi connectivity index (χ0) is 18.9. The van der Waals surface area contributed by atoms with Gasteiger partial charge >= 0.3 is 0 Å². The number of hydrogen-bond donors (Lipinski definition) is 2. The molecule has 5 heteroatoms. The van der Waals surface area contributed by atoms with Gasteiger partial charge in [-0.25, -0.2) is 0 Å². The number of para-hydroxylation sites is 2. The minimum Gasteiger partial charge on any atom is -0.481 e. The van der Waals surface area contributed by atoms with E-state index in [1.807, 2.05) is 31.2 Å². The highest BCUT2D eigenvalue weighted by molar-refractivity contribution is 6.04. The third-order valence-electron chi connectivity index (χ3n) is 3.86. The van der Waals surface area contributed by atoms with Crippen LogP contribution in [0.4, 0.5) is 5.69 Å². The lowest BCUT2D eigenvalue weighted by Crippen LogP contribution is -2.32. The van der Waals surface area contributed by atoms with Crippen molar-refractivity contribution in [3.05, 3.63) is 72.3 Å². The normalized spacial score (nSPS) is 11.3. The first-order chi connectivity index (χ1) is 12.6. The van der Waals surface area contributed by atoms with Crippen LogP contribution >= 0.6 is 0 Å². The number of anilines is 1. The predicted octanol–water partition coefficient (Wildman–Crippen LogP) is 3.57. The van der Waals surface area contributed by atoms with Gasteiger partial charge in [-0.2, -0.15) is 0 Å². The molecule has 2 aromatic rings. The summed E-state index contributed by atoms with van der Waals surface area (Å²) in [6, 6.07) is 14.5. The van der Waals surface area contributed by atoms with Crippen LogP contribution in [0.1, 0.15) is 29.8 Å². The highest BCUT2D eigenvalue weighted by Crippen LogP contribution is 2.21. The van der Waals surface area contributed by atoms with E-state index >= 15 is 0 Å². The highest BCUT2D eigenvalue weighted by Gasteiger charge is 2.19. The Morgan fingerprint density at radius 3 is 2.58 bits per heavy atom. The van der Waals surface area contributed by atoms with Crippen molar-refractivity contribution >= 4 is 17.5 Å². The maximum atomic E-state index is 12.5. The molecule has 0 radical (unpaired) electrons. The predicted molar refractivity (Wildman–Crippen MR) is 104 cm³/mol. The maximum Gasteiger partial charge on any atom is 0.265 e. The first kappa shape index (κ1) is 19.2. The van der Waals surface area contributed by atoms with E-state index in [2.05, 4.69) is 17.2 Å². The number of aryl methyl sites for hydroxylation is 1. The van der Waals surface area contributed by atoms with Crippen LogP contribution in [-0.2, 0) is 11.2 Å². The van der Waals surface area contributed by atoms with E-state index in [-0.39, 0.29) is 11.8 Å². The van der Waals surface area contributed by atoms with Crippen LogP contribution in [-0.4, -0.2) is 24.5 Å². The SMILES string of the molecule is C=CCNC(=O)c1ccccc1NC(=O)[C@@H](C)Oc1ccccc1CC. The first-order valence-corrected chi connectivity index (χ1v) is 8.60. The number of ether oxygens (including phenoxy) is 1. The van der Waals surface area contributed by atoms with Crippen molar-refractivity contribution in [2.75, 3.05) is 11.9 Å². The van der Waals surface area contributed by atoms with Gasteiger partial charge in [-0.1, -0.05) is 43.3 Å². The lowest BCUT2D eigenvalue weighted by Gasteiger charge is -2.18. The molecular formula is C21H24N2O3. The molecule has 2 rings (SSSR count). The number of benzene rings is 2. The van der Waals surface area contributed by atoms with Crippen molar-refractivity contribution in [3.63, 3.8) is 0 Å². The molecule has 2 aromatic carbocycles. The molecular weight excluding hydrogens is 328 g/mol. The number of rotatable bonds is 8. The summed E-state index contributed by atoms with van der Waals surface area (Å²) in [5.41, 5.74) is 1.87. The van der Waals surface area contributed by atoms with E-state index in [1.165, 1.54) is 0 Å². The number of carbonyl (C=O) groups is 2. The van der Waals surface area contributed by atoms with Gasteiger partial charge in [0.25, 0.3) is 11.8 Å². The summed E-state index contributed by atoms with van der Waals surface area (Å²) < 4.78 is 5.81. The van der Waals surface area contributed by atoms with Gasteiger partial charge in [0.05, 0.1) is 11.3 Å². The van der Waals surface area contributed by atoms with Crippen LogP contribution in [0.25, 0.3) is 0 Å². The van der Waals surface area contributed by atoms with Gasteiger partial charge in [-0.3, -0.25) is 9.59 Å². The van der Waals surface area contributed by atoms with Gasteiger partial charge in [0.2, 0.25) is 0 Å². The second-order valence-corrected chi connectivity index (χ2v) is 5.75. The average Bonchev–Trinajstić information content (AvgIpc) is 2.66. The molecule has 5 nitrogen and oxygen atoms in total. The summed E-state index contributed by atoms with van der Waals surface area (Å²) in [6.45, 7) is 7.64. The molecule has 26 heavy (non-hydrogen) atoms. The Morgan fingerprint density at radius 2 is 1.85 bits per heavy atom. The molecule has 0 unspecified atom stereocenters.